The summed E-state index contributed by atoms with van der Waals surface area (Å²) < 4.78 is 6.06. The summed E-state index contributed by atoms with van der Waals surface area (Å²) in [6.45, 7) is 6.78. The number of hydrogen-bond acceptors (Lipinski definition) is 3. The minimum Gasteiger partial charge on any atom is -0.486 e. The van der Waals surface area contributed by atoms with Crippen molar-refractivity contribution in [3.05, 3.63) is 65.9 Å². The maximum atomic E-state index is 6.06. The summed E-state index contributed by atoms with van der Waals surface area (Å²) in [6, 6.07) is 17.2. The summed E-state index contributed by atoms with van der Waals surface area (Å²) in [5.74, 6) is 3.21. The van der Waals surface area contributed by atoms with E-state index in [1.165, 1.54) is 16.3 Å². The van der Waals surface area contributed by atoms with Gasteiger partial charge in [-0.3, -0.25) is 0 Å². The number of nitrogens with zero attached hydrogens (tertiary/aromatic N) is 2. The fourth-order valence-electron chi connectivity index (χ4n) is 4.32. The summed E-state index contributed by atoms with van der Waals surface area (Å²) in [7, 11) is 0. The summed E-state index contributed by atoms with van der Waals surface area (Å²) in [5, 5.41) is 2.38. The van der Waals surface area contributed by atoms with E-state index in [0.717, 1.165) is 50.9 Å². The Bertz CT molecular complexity index is 1440. The number of ether oxygens (including phenoxy) is 1. The number of benzene rings is 3. The van der Waals surface area contributed by atoms with E-state index in [4.69, 9.17) is 9.72 Å². The lowest BCUT2D eigenvalue weighted by Crippen LogP contribution is -2.05. The van der Waals surface area contributed by atoms with Crippen LogP contribution in [0.2, 0.25) is 0 Å². The quantitative estimate of drug-likeness (QED) is 0.380. The van der Waals surface area contributed by atoms with Gasteiger partial charge in [0, 0.05) is 16.9 Å². The SMILES string of the molecule is Cc1nc2ccc3cc(-c4ccc5c(c4)OCc4nc(C(C)C)[nH]c4-5)ccc3c2[nH]1. The van der Waals surface area contributed by atoms with Crippen molar-refractivity contribution in [3.63, 3.8) is 0 Å². The molecule has 0 fully saturated rings. The van der Waals surface area contributed by atoms with Gasteiger partial charge in [-0.2, -0.15) is 0 Å². The van der Waals surface area contributed by atoms with Crippen LogP contribution in [0.1, 0.15) is 37.1 Å². The molecule has 0 saturated carbocycles. The van der Waals surface area contributed by atoms with Crippen molar-refractivity contribution in [3.8, 4) is 28.1 Å². The first-order valence-corrected chi connectivity index (χ1v) is 10.3. The van der Waals surface area contributed by atoms with Gasteiger partial charge in [-0.25, -0.2) is 9.97 Å². The van der Waals surface area contributed by atoms with E-state index in [2.05, 4.69) is 77.3 Å². The predicted molar refractivity (Wildman–Crippen MR) is 120 cm³/mol. The molecule has 0 radical (unpaired) electrons. The fraction of sp³-hybridized carbons (Fsp3) is 0.200. The monoisotopic (exact) mass is 394 g/mol. The lowest BCUT2D eigenvalue weighted by molar-refractivity contribution is 0.298. The molecule has 0 bridgehead atoms. The van der Waals surface area contributed by atoms with Crippen LogP contribution < -0.4 is 4.74 Å². The standard InChI is InChI=1S/C25H22N4O/c1-13(2)25-28-21-12-30-22-11-16(5-8-19(22)24(21)29-25)15-4-7-18-17(10-15)6-9-20-23(18)27-14(3)26-20/h4-11,13H,12H2,1-3H3,(H,26,27)(H,28,29). The van der Waals surface area contributed by atoms with Crippen LogP contribution in [0.15, 0.2) is 48.5 Å². The molecule has 5 heteroatoms. The highest BCUT2D eigenvalue weighted by Gasteiger charge is 2.22. The van der Waals surface area contributed by atoms with Crippen LogP contribution >= 0.6 is 0 Å². The van der Waals surface area contributed by atoms with Crippen molar-refractivity contribution in [2.45, 2.75) is 33.3 Å². The van der Waals surface area contributed by atoms with E-state index in [9.17, 15) is 0 Å². The number of imidazole rings is 2. The molecule has 0 atom stereocenters. The molecule has 1 aliphatic rings. The highest BCUT2D eigenvalue weighted by atomic mass is 16.5. The van der Waals surface area contributed by atoms with Gasteiger partial charge in [-0.05, 0) is 47.7 Å². The topological polar surface area (TPSA) is 66.6 Å². The molecule has 3 heterocycles. The molecular weight excluding hydrogens is 372 g/mol. The molecule has 0 spiro atoms. The third kappa shape index (κ3) is 2.55. The minimum atomic E-state index is 0.362. The molecular formula is C25H22N4O. The molecule has 30 heavy (non-hydrogen) atoms. The van der Waals surface area contributed by atoms with Crippen LogP contribution in [0, 0.1) is 6.92 Å². The molecule has 1 aliphatic heterocycles. The maximum absolute atomic E-state index is 6.06. The number of H-pyrrole nitrogens is 2. The van der Waals surface area contributed by atoms with Gasteiger partial charge in [-0.1, -0.05) is 38.1 Å². The number of aromatic nitrogens is 4. The molecule has 3 aromatic carbocycles. The molecule has 5 aromatic rings. The van der Waals surface area contributed by atoms with Gasteiger partial charge < -0.3 is 14.7 Å². The first kappa shape index (κ1) is 17.3. The molecule has 148 valence electrons. The zero-order chi connectivity index (χ0) is 20.4. The van der Waals surface area contributed by atoms with Gasteiger partial charge in [0.05, 0.1) is 16.7 Å². The molecule has 0 saturated heterocycles. The first-order chi connectivity index (χ1) is 14.6. The molecule has 0 amide bonds. The Morgan fingerprint density at radius 1 is 0.933 bits per heavy atom. The Morgan fingerprint density at radius 2 is 1.77 bits per heavy atom. The molecule has 0 unspecified atom stereocenters. The minimum absolute atomic E-state index is 0.362. The molecule has 0 aliphatic carbocycles. The summed E-state index contributed by atoms with van der Waals surface area (Å²) >= 11 is 0. The van der Waals surface area contributed by atoms with E-state index >= 15 is 0 Å². The third-order valence-electron chi connectivity index (χ3n) is 5.88. The number of aryl methyl sites for hydroxylation is 1. The second-order valence-corrected chi connectivity index (χ2v) is 8.32. The van der Waals surface area contributed by atoms with Crippen molar-refractivity contribution < 1.29 is 4.74 Å². The van der Waals surface area contributed by atoms with Crippen LogP contribution in [0.4, 0.5) is 0 Å². The van der Waals surface area contributed by atoms with Gasteiger partial charge in [0.2, 0.25) is 0 Å². The Labute approximate surface area is 174 Å². The summed E-state index contributed by atoms with van der Waals surface area (Å²) in [5.41, 5.74) is 7.57. The molecule has 6 rings (SSSR count). The normalized spacial score (nSPS) is 12.9. The smallest absolute Gasteiger partial charge is 0.132 e. The average molecular weight is 394 g/mol. The van der Waals surface area contributed by atoms with Gasteiger partial charge in [0.1, 0.15) is 29.7 Å². The zero-order valence-corrected chi connectivity index (χ0v) is 17.2. The Balaban J connectivity index is 1.44. The zero-order valence-electron chi connectivity index (χ0n) is 17.2. The second kappa shape index (κ2) is 6.20. The summed E-state index contributed by atoms with van der Waals surface area (Å²) in [4.78, 5) is 16.1. The molecule has 5 nitrogen and oxygen atoms in total. The van der Waals surface area contributed by atoms with Crippen molar-refractivity contribution in [2.75, 3.05) is 0 Å². The second-order valence-electron chi connectivity index (χ2n) is 8.32. The van der Waals surface area contributed by atoms with E-state index in [1.54, 1.807) is 0 Å². The highest BCUT2D eigenvalue weighted by Crippen LogP contribution is 2.40. The van der Waals surface area contributed by atoms with Crippen LogP contribution in [-0.4, -0.2) is 19.9 Å². The van der Waals surface area contributed by atoms with Crippen LogP contribution in [-0.2, 0) is 6.61 Å². The number of rotatable bonds is 2. The van der Waals surface area contributed by atoms with Crippen molar-refractivity contribution in [1.82, 2.24) is 19.9 Å². The Morgan fingerprint density at radius 3 is 2.63 bits per heavy atom. The number of fused-ring (bicyclic) bond motifs is 6. The number of nitrogens with one attached hydrogen (secondary N) is 2. The lowest BCUT2D eigenvalue weighted by atomic mass is 9.97. The van der Waals surface area contributed by atoms with Gasteiger partial charge in [0.15, 0.2) is 0 Å². The average Bonchev–Trinajstić information content (AvgIpc) is 3.36. The Hall–Kier alpha value is -3.60. The number of hydrogen-bond donors (Lipinski definition) is 2. The van der Waals surface area contributed by atoms with E-state index in [1.807, 2.05) is 6.92 Å². The summed E-state index contributed by atoms with van der Waals surface area (Å²) in [6.07, 6.45) is 0. The van der Waals surface area contributed by atoms with Crippen LogP contribution in [0.25, 0.3) is 44.2 Å². The van der Waals surface area contributed by atoms with E-state index in [0.29, 0.717) is 12.5 Å². The van der Waals surface area contributed by atoms with Gasteiger partial charge in [-0.15, -0.1) is 0 Å². The van der Waals surface area contributed by atoms with Gasteiger partial charge >= 0.3 is 0 Å². The van der Waals surface area contributed by atoms with E-state index < -0.39 is 0 Å². The maximum Gasteiger partial charge on any atom is 0.132 e. The Kier molecular flexibility index (Phi) is 3.57. The largest absolute Gasteiger partial charge is 0.486 e. The predicted octanol–water partition coefficient (Wildman–Crippen LogP) is 6.10. The molecule has 2 N–H and O–H groups in total. The van der Waals surface area contributed by atoms with E-state index in [-0.39, 0.29) is 0 Å². The van der Waals surface area contributed by atoms with Gasteiger partial charge in [0.25, 0.3) is 0 Å². The third-order valence-corrected chi connectivity index (χ3v) is 5.88. The van der Waals surface area contributed by atoms with Crippen molar-refractivity contribution in [1.29, 1.82) is 0 Å². The molecule has 2 aromatic heterocycles. The number of aromatic amines is 2. The van der Waals surface area contributed by atoms with Crippen molar-refractivity contribution >= 4 is 21.8 Å². The van der Waals surface area contributed by atoms with Crippen LogP contribution in [0.3, 0.4) is 0 Å². The van der Waals surface area contributed by atoms with Crippen molar-refractivity contribution in [2.24, 2.45) is 0 Å². The van der Waals surface area contributed by atoms with Crippen LogP contribution in [0.5, 0.6) is 5.75 Å². The fourth-order valence-corrected chi connectivity index (χ4v) is 4.32. The first-order valence-electron chi connectivity index (χ1n) is 10.3. The highest BCUT2D eigenvalue weighted by molar-refractivity contribution is 6.05. The lowest BCUT2D eigenvalue weighted by Gasteiger charge is -2.18.